The lowest BCUT2D eigenvalue weighted by molar-refractivity contribution is 0.117. The Morgan fingerprint density at radius 2 is 1.61 bits per heavy atom. The van der Waals surface area contributed by atoms with Crippen molar-refractivity contribution in [2.45, 2.75) is 46.2 Å². The quantitative estimate of drug-likeness (QED) is 0.886. The normalized spacial score (nSPS) is 17.6. The summed E-state index contributed by atoms with van der Waals surface area (Å²) in [6.07, 6.45) is 0. The number of rotatable bonds is 4. The van der Waals surface area contributed by atoms with E-state index < -0.39 is 0 Å². The fraction of sp³-hybridized carbons (Fsp3) is 0.625. The second-order valence-electron chi connectivity index (χ2n) is 6.74. The summed E-state index contributed by atoms with van der Waals surface area (Å²) in [6.45, 7) is 12.0. The van der Waals surface area contributed by atoms with Crippen molar-refractivity contribution in [3.63, 3.8) is 0 Å². The van der Waals surface area contributed by atoms with Gasteiger partial charge < -0.3 is 10.6 Å². The summed E-state index contributed by atoms with van der Waals surface area (Å²) in [7, 11) is 2.16. The summed E-state index contributed by atoms with van der Waals surface area (Å²) in [5.41, 5.74) is 7.63. The Kier molecular flexibility index (Phi) is 4.57. The van der Waals surface area contributed by atoms with E-state index in [1.165, 1.54) is 5.56 Å². The molecule has 0 radical (unpaired) electrons. The van der Waals surface area contributed by atoms with E-state index in [4.69, 9.17) is 5.73 Å². The lowest BCUT2D eigenvalue weighted by Crippen LogP contribution is -2.49. The van der Waals surface area contributed by atoms with E-state index in [9.17, 15) is 0 Å². The highest BCUT2D eigenvalue weighted by Crippen LogP contribution is 2.26. The molecule has 0 aromatic heterocycles. The fourth-order valence-electron chi connectivity index (χ4n) is 2.23. The number of hydrogen-bond acceptors (Lipinski definition) is 2. The first-order valence-electron chi connectivity index (χ1n) is 6.69. The Balaban J connectivity index is 2.78. The zero-order valence-corrected chi connectivity index (χ0v) is 12.7. The molecule has 0 spiro atoms. The van der Waals surface area contributed by atoms with Gasteiger partial charge in [0.2, 0.25) is 0 Å². The summed E-state index contributed by atoms with van der Waals surface area (Å²) < 4.78 is 0. The first-order chi connectivity index (χ1) is 8.14. The molecule has 0 fully saturated rings. The molecule has 1 aromatic carbocycles. The lowest BCUT2D eigenvalue weighted by Gasteiger charge is -2.39. The molecule has 2 unspecified atom stereocenters. The summed E-state index contributed by atoms with van der Waals surface area (Å²) in [4.78, 5) is 2.35. The summed E-state index contributed by atoms with van der Waals surface area (Å²) in [5, 5.41) is 0. The van der Waals surface area contributed by atoms with Crippen molar-refractivity contribution in [1.29, 1.82) is 0 Å². The van der Waals surface area contributed by atoms with Gasteiger partial charge in [-0.1, -0.05) is 51.1 Å². The van der Waals surface area contributed by atoms with Crippen molar-refractivity contribution in [3.8, 4) is 0 Å². The van der Waals surface area contributed by atoms with Crippen LogP contribution in [0.15, 0.2) is 30.3 Å². The van der Waals surface area contributed by atoms with Crippen molar-refractivity contribution in [3.05, 3.63) is 35.9 Å². The second-order valence-corrected chi connectivity index (χ2v) is 6.74. The number of benzene rings is 1. The van der Waals surface area contributed by atoms with E-state index in [1.54, 1.807) is 0 Å². The van der Waals surface area contributed by atoms with Gasteiger partial charge in [-0.3, -0.25) is 0 Å². The van der Waals surface area contributed by atoms with Crippen LogP contribution >= 0.6 is 0 Å². The molecule has 0 saturated heterocycles. The second kappa shape index (κ2) is 5.41. The Morgan fingerprint density at radius 1 is 1.11 bits per heavy atom. The summed E-state index contributed by atoms with van der Waals surface area (Å²) >= 11 is 0. The third-order valence-electron chi connectivity index (χ3n) is 3.93. The standard InChI is InChI=1S/C16H28N2/c1-13(15(2,3)4)18(6)12-16(5,17)14-10-8-7-9-11-14/h7-11,13H,12,17H2,1-6H3. The average Bonchev–Trinajstić information content (AvgIpc) is 2.27. The zero-order chi connectivity index (χ0) is 14.0. The molecule has 0 heterocycles. The Bertz CT molecular complexity index is 362. The van der Waals surface area contributed by atoms with E-state index in [0.29, 0.717) is 6.04 Å². The molecular weight excluding hydrogens is 220 g/mol. The first-order valence-corrected chi connectivity index (χ1v) is 6.69. The zero-order valence-electron chi connectivity index (χ0n) is 12.7. The molecule has 0 aliphatic rings. The van der Waals surface area contributed by atoms with Gasteiger partial charge in [-0.05, 0) is 31.9 Å². The molecule has 0 saturated carbocycles. The van der Waals surface area contributed by atoms with Crippen LogP contribution in [0.3, 0.4) is 0 Å². The van der Waals surface area contributed by atoms with E-state index >= 15 is 0 Å². The third kappa shape index (κ3) is 3.82. The maximum absolute atomic E-state index is 6.48. The van der Waals surface area contributed by atoms with Crippen molar-refractivity contribution >= 4 is 0 Å². The molecule has 2 N–H and O–H groups in total. The number of nitrogens with two attached hydrogens (primary N) is 1. The van der Waals surface area contributed by atoms with Gasteiger partial charge in [0, 0.05) is 12.6 Å². The molecule has 0 aliphatic carbocycles. The molecule has 0 aliphatic heterocycles. The summed E-state index contributed by atoms with van der Waals surface area (Å²) in [5.74, 6) is 0. The van der Waals surface area contributed by atoms with E-state index in [2.05, 4.69) is 58.7 Å². The minimum absolute atomic E-state index is 0.265. The molecule has 0 amide bonds. The van der Waals surface area contributed by atoms with Gasteiger partial charge in [-0.2, -0.15) is 0 Å². The minimum atomic E-state index is -0.310. The Morgan fingerprint density at radius 3 is 2.06 bits per heavy atom. The van der Waals surface area contributed by atoms with Crippen LogP contribution in [0.25, 0.3) is 0 Å². The molecule has 0 bridgehead atoms. The van der Waals surface area contributed by atoms with Crippen molar-refractivity contribution in [2.24, 2.45) is 11.1 Å². The van der Waals surface area contributed by atoms with Crippen LogP contribution < -0.4 is 5.73 Å². The maximum atomic E-state index is 6.48. The first kappa shape index (κ1) is 15.2. The van der Waals surface area contributed by atoms with E-state index in [0.717, 1.165) is 6.54 Å². The van der Waals surface area contributed by atoms with Gasteiger partial charge in [0.25, 0.3) is 0 Å². The van der Waals surface area contributed by atoms with Gasteiger partial charge in [0.1, 0.15) is 0 Å². The van der Waals surface area contributed by atoms with Gasteiger partial charge in [-0.15, -0.1) is 0 Å². The SMILES string of the molecule is CC(N(C)CC(C)(N)c1ccccc1)C(C)(C)C. The smallest absolute Gasteiger partial charge is 0.0509 e. The highest BCUT2D eigenvalue weighted by molar-refractivity contribution is 5.23. The maximum Gasteiger partial charge on any atom is 0.0509 e. The van der Waals surface area contributed by atoms with Crippen molar-refractivity contribution in [2.75, 3.05) is 13.6 Å². The third-order valence-corrected chi connectivity index (χ3v) is 3.93. The number of nitrogens with zero attached hydrogens (tertiary/aromatic N) is 1. The van der Waals surface area contributed by atoms with E-state index in [-0.39, 0.29) is 11.0 Å². The van der Waals surface area contributed by atoms with Gasteiger partial charge in [0.05, 0.1) is 5.54 Å². The molecule has 1 rings (SSSR count). The molecule has 102 valence electrons. The van der Waals surface area contributed by atoms with Crippen LogP contribution in [0.2, 0.25) is 0 Å². The van der Waals surface area contributed by atoms with Crippen LogP contribution in [0, 0.1) is 5.41 Å². The molecule has 1 aromatic rings. The Labute approximate surface area is 112 Å². The van der Waals surface area contributed by atoms with Crippen LogP contribution in [0.1, 0.15) is 40.2 Å². The van der Waals surface area contributed by atoms with Crippen LogP contribution in [0.4, 0.5) is 0 Å². The van der Waals surface area contributed by atoms with Crippen molar-refractivity contribution < 1.29 is 0 Å². The molecule has 2 atom stereocenters. The molecule has 2 heteroatoms. The highest BCUT2D eigenvalue weighted by atomic mass is 15.2. The fourth-order valence-corrected chi connectivity index (χ4v) is 2.23. The number of hydrogen-bond donors (Lipinski definition) is 1. The Hall–Kier alpha value is -0.860. The molecule has 2 nitrogen and oxygen atoms in total. The van der Waals surface area contributed by atoms with Crippen LogP contribution in [0.5, 0.6) is 0 Å². The average molecular weight is 248 g/mol. The van der Waals surface area contributed by atoms with Gasteiger partial charge in [-0.25, -0.2) is 0 Å². The van der Waals surface area contributed by atoms with Gasteiger partial charge >= 0.3 is 0 Å². The largest absolute Gasteiger partial charge is 0.321 e. The lowest BCUT2D eigenvalue weighted by atomic mass is 9.85. The predicted molar refractivity (Wildman–Crippen MR) is 79.5 cm³/mol. The van der Waals surface area contributed by atoms with E-state index in [1.807, 2.05) is 18.2 Å². The van der Waals surface area contributed by atoms with Crippen molar-refractivity contribution in [1.82, 2.24) is 4.90 Å². The minimum Gasteiger partial charge on any atom is -0.321 e. The highest BCUT2D eigenvalue weighted by Gasteiger charge is 2.29. The van der Waals surface area contributed by atoms with Crippen LogP contribution in [-0.4, -0.2) is 24.5 Å². The van der Waals surface area contributed by atoms with Gasteiger partial charge in [0.15, 0.2) is 0 Å². The topological polar surface area (TPSA) is 29.3 Å². The monoisotopic (exact) mass is 248 g/mol. The van der Waals surface area contributed by atoms with Crippen LogP contribution in [-0.2, 0) is 5.54 Å². The predicted octanol–water partition coefficient (Wildman–Crippen LogP) is 3.23. The molecule has 18 heavy (non-hydrogen) atoms. The summed E-state index contributed by atoms with van der Waals surface area (Å²) in [6, 6.07) is 10.8. The number of likely N-dealkylation sites (N-methyl/N-ethyl adjacent to an activating group) is 1. The molecular formula is C16H28N2.